The van der Waals surface area contributed by atoms with Gasteiger partial charge in [-0.25, -0.2) is 6.23 Å². The van der Waals surface area contributed by atoms with Crippen molar-refractivity contribution in [3.8, 4) is 0 Å². The van der Waals surface area contributed by atoms with E-state index in [0.29, 0.717) is 0 Å². The number of hydrogen-bond acceptors (Lipinski definition) is 1. The van der Waals surface area contributed by atoms with Crippen molar-refractivity contribution in [3.05, 3.63) is 36.6 Å². The zero-order valence-corrected chi connectivity index (χ0v) is 15.0. The predicted molar refractivity (Wildman–Crippen MR) is 49.8 cm³/mol. The number of aliphatic hydroxyl groups excluding tert-OH is 1. The van der Waals surface area contributed by atoms with Gasteiger partial charge < -0.3 is 5.11 Å². The van der Waals surface area contributed by atoms with Crippen LogP contribution in [0, 0.1) is 6.23 Å². The van der Waals surface area contributed by atoms with Crippen molar-refractivity contribution in [3.63, 3.8) is 0 Å². The fourth-order valence-corrected chi connectivity index (χ4v) is 2.14. The van der Waals surface area contributed by atoms with E-state index in [0.717, 1.165) is 0 Å². The van der Waals surface area contributed by atoms with Gasteiger partial charge in [0.2, 0.25) is 0 Å². The first-order chi connectivity index (χ1) is 5.17. The van der Waals surface area contributed by atoms with Crippen LogP contribution in [0.15, 0.2) is 30.3 Å². The van der Waals surface area contributed by atoms with E-state index in [2.05, 4.69) is 25.2 Å². The van der Waals surface area contributed by atoms with Crippen LogP contribution >= 0.6 is 0 Å². The molecule has 3 heteroatoms. The molecule has 0 aliphatic rings. The third-order valence-corrected chi connectivity index (χ3v) is 4.31. The number of aliphatic hydroxyl groups is 1. The van der Waals surface area contributed by atoms with Crippen molar-refractivity contribution < 1.29 is 5.11 Å². The molecule has 0 amide bonds. The minimum Gasteiger partial charge on any atom is -0.567 e. The zero-order chi connectivity index (χ0) is 8.32. The molecule has 0 fully saturated rings. The van der Waals surface area contributed by atoms with Gasteiger partial charge in [0.05, 0.1) is 0 Å². The Morgan fingerprint density at radius 3 is 2.08 bits per heavy atom. The van der Waals surface area contributed by atoms with Gasteiger partial charge in [-0.05, 0) is 8.07 Å². The Morgan fingerprint density at radius 1 is 1.17 bits per heavy atom. The molecule has 1 aromatic carbocycles. The number of hydrogen-bond donors (Lipinski definition) is 1. The molecule has 0 aromatic heterocycles. The van der Waals surface area contributed by atoms with Crippen LogP contribution < -0.4 is 5.19 Å². The van der Waals surface area contributed by atoms with Crippen molar-refractivity contribution in [2.75, 3.05) is 0 Å². The van der Waals surface area contributed by atoms with Crippen LogP contribution in [0.3, 0.4) is 0 Å². The molecular weight excluding hydrogens is 419 g/mol. The van der Waals surface area contributed by atoms with Gasteiger partial charge in [0.25, 0.3) is 0 Å². The van der Waals surface area contributed by atoms with Crippen LogP contribution in [-0.2, 0) is 0 Å². The monoisotopic (exact) mass is 432 g/mol. The van der Waals surface area contributed by atoms with Gasteiger partial charge in [0, 0.05) is 0 Å². The summed E-state index contributed by atoms with van der Waals surface area (Å²) >= 11 is 0. The Balaban J connectivity index is 0.00000121. The molecule has 1 nitrogen and oxygen atoms in total. The van der Waals surface area contributed by atoms with Crippen LogP contribution in [0.1, 0.15) is 0 Å². The van der Waals surface area contributed by atoms with Crippen molar-refractivity contribution in [2.45, 2.75) is 13.1 Å². The van der Waals surface area contributed by atoms with Crippen molar-refractivity contribution in [2.24, 2.45) is 0 Å². The average Bonchev–Trinajstić information content (AvgIpc) is 2.06. The largest absolute Gasteiger partial charge is 0.567 e. The van der Waals surface area contributed by atoms with Crippen LogP contribution in [0.5, 0.6) is 0 Å². The zero-order valence-electron chi connectivity index (χ0n) is 7.62. The molecule has 0 unspecified atom stereocenters. The fourth-order valence-electron chi connectivity index (χ4n) is 0.942. The smallest absolute Gasteiger partial charge is 0 e. The first kappa shape index (κ1) is 10.4. The molecule has 62 valence electrons. The van der Waals surface area contributed by atoms with E-state index < -0.39 is 8.07 Å². The summed E-state index contributed by atoms with van der Waals surface area (Å²) in [6, 6.07) is 10.1. The molecule has 0 saturated heterocycles. The molecule has 1 N–H and O–H groups in total. The van der Waals surface area contributed by atoms with Crippen molar-refractivity contribution in [1.82, 2.24) is 0 Å². The summed E-state index contributed by atoms with van der Waals surface area (Å²) < 4.78 is 0. The van der Waals surface area contributed by atoms with E-state index in [1.807, 2.05) is 18.2 Å². The Bertz CT molecular complexity index is 223. The third kappa shape index (κ3) is 1.94. The topological polar surface area (TPSA) is 20.2 Å². The van der Waals surface area contributed by atoms with Gasteiger partial charge in [0.1, 0.15) is 0 Å². The molecule has 0 atom stereocenters. The molecule has 12 heavy (non-hydrogen) atoms. The summed E-state index contributed by atoms with van der Waals surface area (Å²) in [5.74, 6) is 0. The summed E-state index contributed by atoms with van der Waals surface area (Å²) in [5.41, 5.74) is 0. The summed E-state index contributed by atoms with van der Waals surface area (Å²) in [6.45, 7) is 4.23. The van der Waals surface area contributed by atoms with E-state index in [9.17, 15) is 0 Å². The molecule has 1 aromatic rings. The van der Waals surface area contributed by atoms with Crippen LogP contribution in [0.2, 0.25) is 13.1 Å². The van der Waals surface area contributed by atoms with Gasteiger partial charge >= 0.3 is 0 Å². The molecule has 0 saturated carbocycles. The summed E-state index contributed by atoms with van der Waals surface area (Å²) in [5, 5.41) is 10.3. The van der Waals surface area contributed by atoms with Gasteiger partial charge in [-0.15, -0.1) is 0 Å². The van der Waals surface area contributed by atoms with Crippen molar-refractivity contribution >= 4 is 13.3 Å². The first-order valence-corrected chi connectivity index (χ1v) is 6.78. The molecule has 0 bridgehead atoms. The van der Waals surface area contributed by atoms with Gasteiger partial charge in [-0.3, -0.25) is 0 Å². The molecule has 0 heterocycles. The Morgan fingerprint density at radius 2 is 1.67 bits per heavy atom. The van der Waals surface area contributed by atoms with Gasteiger partial charge in [0.15, 0.2) is 0 Å². The van der Waals surface area contributed by atoms with E-state index in [1.165, 1.54) is 11.4 Å². The maximum Gasteiger partial charge on any atom is 0 e. The SMILES string of the molecule is C[Si](C)([CH-]O)c1ccccc1.[Rf]. The molecule has 1 rings (SSSR count). The minimum atomic E-state index is -1.62. The second-order valence-electron chi connectivity index (χ2n) is 3.22. The van der Waals surface area contributed by atoms with Crippen LogP contribution in [0.4, 0.5) is 0 Å². The van der Waals surface area contributed by atoms with Crippen LogP contribution in [0.25, 0.3) is 0 Å². The fraction of sp³-hybridized carbons (Fsp3) is 0.222. The standard InChI is InChI=1S/C9H13OSi.Rf/c1-11(2,8-10)9-6-4-3-5-7-9;/h3-8,10H,1-2H3;/q-1;. The second kappa shape index (κ2) is 3.69. The van der Waals surface area contributed by atoms with Gasteiger partial charge in [-0.1, -0.05) is 48.6 Å². The average molecular weight is 432 g/mol. The Kier molecular flexibility index (Phi) is 3.20. The Labute approximate surface area is 68.7 Å². The second-order valence-corrected chi connectivity index (χ2v) is 7.50. The predicted octanol–water partition coefficient (Wildman–Crippen LogP) is 1.68. The van der Waals surface area contributed by atoms with E-state index >= 15 is 0 Å². The summed E-state index contributed by atoms with van der Waals surface area (Å²) in [4.78, 5) is 0. The van der Waals surface area contributed by atoms with E-state index in [-0.39, 0.29) is 0 Å². The molecule has 0 aliphatic carbocycles. The van der Waals surface area contributed by atoms with Gasteiger partial charge in [-0.2, -0.15) is 0 Å². The normalized spacial score (nSPS) is 10.6. The molecular formula is C9H13ORfSi-. The minimum absolute atomic E-state index is 0. The maximum absolute atomic E-state index is 8.98. The Hall–Kier alpha value is -1.60. The maximum atomic E-state index is 8.98. The first-order valence-electron chi connectivity index (χ1n) is 3.71. The number of rotatable bonds is 2. The van der Waals surface area contributed by atoms with E-state index in [1.54, 1.807) is 0 Å². The molecule has 0 spiro atoms. The van der Waals surface area contributed by atoms with E-state index in [4.69, 9.17) is 5.11 Å². The summed E-state index contributed by atoms with van der Waals surface area (Å²) in [6.07, 6.45) is 1.36. The van der Waals surface area contributed by atoms with Crippen LogP contribution in [-0.4, -0.2) is 13.2 Å². The summed E-state index contributed by atoms with van der Waals surface area (Å²) in [7, 11) is -1.62. The number of benzene rings is 1. The molecule has 0 aliphatic heterocycles. The van der Waals surface area contributed by atoms with Crippen molar-refractivity contribution in [1.29, 1.82) is 0 Å². The third-order valence-electron chi connectivity index (χ3n) is 1.84. The molecule has 0 radical (unpaired) electrons. The quantitative estimate of drug-likeness (QED) is 0.557.